The van der Waals surface area contributed by atoms with Crippen LogP contribution in [-0.2, 0) is 0 Å². The summed E-state index contributed by atoms with van der Waals surface area (Å²) in [4.78, 5) is 0. The molecule has 0 aromatic rings. The molecule has 0 aliphatic carbocycles. The molecule has 0 saturated heterocycles. The first-order valence-corrected chi connectivity index (χ1v) is 4.41. The fourth-order valence-corrected chi connectivity index (χ4v) is 1.13. The molecule has 0 fully saturated rings. The molecule has 1 N–H and O–H groups in total. The molecule has 0 aromatic heterocycles. The molecule has 0 bridgehead atoms. The van der Waals surface area contributed by atoms with E-state index >= 15 is 0 Å². The van der Waals surface area contributed by atoms with Crippen molar-refractivity contribution in [1.29, 1.82) is 0 Å². The SMILES string of the molecule is CCCC(C)C(O)C=C(C)C. The fourth-order valence-electron chi connectivity index (χ4n) is 1.13. The van der Waals surface area contributed by atoms with Crippen LogP contribution in [0, 0.1) is 5.92 Å². The Balaban J connectivity index is 3.82. The van der Waals surface area contributed by atoms with E-state index in [9.17, 15) is 5.11 Å². The summed E-state index contributed by atoms with van der Waals surface area (Å²) < 4.78 is 0. The highest BCUT2D eigenvalue weighted by Crippen LogP contribution is 2.12. The van der Waals surface area contributed by atoms with Crippen LogP contribution in [0.15, 0.2) is 11.6 Å². The summed E-state index contributed by atoms with van der Waals surface area (Å²) in [5, 5.41) is 9.54. The third kappa shape index (κ3) is 5.02. The van der Waals surface area contributed by atoms with Gasteiger partial charge < -0.3 is 5.11 Å². The number of hydrogen-bond acceptors (Lipinski definition) is 1. The third-order valence-corrected chi connectivity index (χ3v) is 1.83. The fraction of sp³-hybridized carbons (Fsp3) is 0.800. The first-order chi connectivity index (χ1) is 5.07. The summed E-state index contributed by atoms with van der Waals surface area (Å²) in [6.07, 6.45) is 3.93. The summed E-state index contributed by atoms with van der Waals surface area (Å²) in [6, 6.07) is 0. The van der Waals surface area contributed by atoms with Crippen molar-refractivity contribution in [3.05, 3.63) is 11.6 Å². The van der Waals surface area contributed by atoms with Crippen molar-refractivity contribution in [2.75, 3.05) is 0 Å². The minimum atomic E-state index is -0.250. The first-order valence-electron chi connectivity index (χ1n) is 4.41. The van der Waals surface area contributed by atoms with E-state index in [1.807, 2.05) is 19.9 Å². The van der Waals surface area contributed by atoms with Crippen molar-refractivity contribution in [3.63, 3.8) is 0 Å². The van der Waals surface area contributed by atoms with Crippen molar-refractivity contribution in [1.82, 2.24) is 0 Å². The molecule has 0 aliphatic rings. The summed E-state index contributed by atoms with van der Waals surface area (Å²) in [7, 11) is 0. The van der Waals surface area contributed by atoms with E-state index in [0.29, 0.717) is 5.92 Å². The average molecular weight is 156 g/mol. The van der Waals surface area contributed by atoms with Gasteiger partial charge in [0.15, 0.2) is 0 Å². The predicted molar refractivity (Wildman–Crippen MR) is 49.5 cm³/mol. The van der Waals surface area contributed by atoms with Crippen molar-refractivity contribution in [3.8, 4) is 0 Å². The molecule has 0 aromatic carbocycles. The van der Waals surface area contributed by atoms with E-state index in [1.54, 1.807) is 0 Å². The molecule has 0 saturated carbocycles. The van der Waals surface area contributed by atoms with Crippen molar-refractivity contribution < 1.29 is 5.11 Å². The average Bonchev–Trinajstić information content (AvgIpc) is 1.86. The van der Waals surface area contributed by atoms with Crippen LogP contribution >= 0.6 is 0 Å². The van der Waals surface area contributed by atoms with Gasteiger partial charge in [0, 0.05) is 0 Å². The van der Waals surface area contributed by atoms with Crippen LogP contribution in [0.3, 0.4) is 0 Å². The lowest BCUT2D eigenvalue weighted by atomic mass is 9.98. The smallest absolute Gasteiger partial charge is 0.0748 e. The maximum Gasteiger partial charge on any atom is 0.0748 e. The van der Waals surface area contributed by atoms with Crippen LogP contribution in [0.2, 0.25) is 0 Å². The Hall–Kier alpha value is -0.300. The largest absolute Gasteiger partial charge is 0.389 e. The number of rotatable bonds is 4. The predicted octanol–water partition coefficient (Wildman–Crippen LogP) is 2.75. The van der Waals surface area contributed by atoms with Gasteiger partial charge in [-0.1, -0.05) is 31.9 Å². The molecule has 11 heavy (non-hydrogen) atoms. The van der Waals surface area contributed by atoms with Crippen molar-refractivity contribution in [2.24, 2.45) is 5.92 Å². The minimum Gasteiger partial charge on any atom is -0.389 e. The Bertz CT molecular complexity index is 123. The van der Waals surface area contributed by atoms with Crippen molar-refractivity contribution >= 4 is 0 Å². The van der Waals surface area contributed by atoms with E-state index in [2.05, 4.69) is 13.8 Å². The maximum atomic E-state index is 9.54. The lowest BCUT2D eigenvalue weighted by Crippen LogP contribution is -2.14. The summed E-state index contributed by atoms with van der Waals surface area (Å²) in [6.45, 7) is 8.27. The molecule has 1 nitrogen and oxygen atoms in total. The topological polar surface area (TPSA) is 20.2 Å². The molecule has 2 unspecified atom stereocenters. The molecule has 0 amide bonds. The molecular formula is C10H20O. The maximum absolute atomic E-state index is 9.54. The second-order valence-corrected chi connectivity index (χ2v) is 3.50. The molecule has 0 heterocycles. The molecule has 0 spiro atoms. The van der Waals surface area contributed by atoms with Gasteiger partial charge in [-0.2, -0.15) is 0 Å². The Morgan fingerprint density at radius 3 is 2.36 bits per heavy atom. The van der Waals surface area contributed by atoms with Gasteiger partial charge in [0.25, 0.3) is 0 Å². The van der Waals surface area contributed by atoms with E-state index < -0.39 is 0 Å². The highest BCUT2D eigenvalue weighted by molar-refractivity contribution is 4.99. The Morgan fingerprint density at radius 1 is 1.45 bits per heavy atom. The molecule has 0 radical (unpaired) electrons. The van der Waals surface area contributed by atoms with Gasteiger partial charge in [0.2, 0.25) is 0 Å². The zero-order chi connectivity index (χ0) is 8.85. The van der Waals surface area contributed by atoms with E-state index in [0.717, 1.165) is 12.8 Å². The van der Waals surface area contributed by atoms with Crippen LogP contribution < -0.4 is 0 Å². The second-order valence-electron chi connectivity index (χ2n) is 3.50. The standard InChI is InChI=1S/C10H20O/c1-5-6-9(4)10(11)7-8(2)3/h7,9-11H,5-6H2,1-4H3. The minimum absolute atomic E-state index is 0.250. The first kappa shape index (κ1) is 10.7. The van der Waals surface area contributed by atoms with Crippen LogP contribution in [-0.4, -0.2) is 11.2 Å². The number of aliphatic hydroxyl groups is 1. The highest BCUT2D eigenvalue weighted by atomic mass is 16.3. The van der Waals surface area contributed by atoms with Gasteiger partial charge in [-0.15, -0.1) is 0 Å². The summed E-state index contributed by atoms with van der Waals surface area (Å²) >= 11 is 0. The summed E-state index contributed by atoms with van der Waals surface area (Å²) in [5.41, 5.74) is 1.19. The monoisotopic (exact) mass is 156 g/mol. The number of aliphatic hydroxyl groups excluding tert-OH is 1. The van der Waals surface area contributed by atoms with Gasteiger partial charge in [0.05, 0.1) is 6.10 Å². The second kappa shape index (κ2) is 5.36. The Morgan fingerprint density at radius 2 is 2.00 bits per heavy atom. The summed E-state index contributed by atoms with van der Waals surface area (Å²) in [5.74, 6) is 0.398. The lowest BCUT2D eigenvalue weighted by Gasteiger charge is -2.14. The van der Waals surface area contributed by atoms with E-state index in [4.69, 9.17) is 0 Å². The third-order valence-electron chi connectivity index (χ3n) is 1.83. The zero-order valence-corrected chi connectivity index (χ0v) is 8.09. The van der Waals surface area contributed by atoms with Gasteiger partial charge in [-0.25, -0.2) is 0 Å². The van der Waals surface area contributed by atoms with Gasteiger partial charge >= 0.3 is 0 Å². The highest BCUT2D eigenvalue weighted by Gasteiger charge is 2.09. The Labute approximate surface area is 70.1 Å². The number of hydrogen-bond donors (Lipinski definition) is 1. The molecular weight excluding hydrogens is 136 g/mol. The quantitative estimate of drug-likeness (QED) is 0.620. The molecule has 2 atom stereocenters. The molecule has 66 valence electrons. The molecule has 1 heteroatoms. The number of allylic oxidation sites excluding steroid dienone is 1. The van der Waals surface area contributed by atoms with E-state index in [-0.39, 0.29) is 6.10 Å². The van der Waals surface area contributed by atoms with Crippen LogP contribution in [0.5, 0.6) is 0 Å². The van der Waals surface area contributed by atoms with Crippen LogP contribution in [0.1, 0.15) is 40.5 Å². The lowest BCUT2D eigenvalue weighted by molar-refractivity contribution is 0.155. The van der Waals surface area contributed by atoms with E-state index in [1.165, 1.54) is 5.57 Å². The molecule has 0 rings (SSSR count). The molecule has 0 aliphatic heterocycles. The van der Waals surface area contributed by atoms with Crippen LogP contribution in [0.4, 0.5) is 0 Å². The van der Waals surface area contributed by atoms with Crippen LogP contribution in [0.25, 0.3) is 0 Å². The van der Waals surface area contributed by atoms with Crippen molar-refractivity contribution in [2.45, 2.75) is 46.6 Å². The Kier molecular flexibility index (Phi) is 5.22. The van der Waals surface area contributed by atoms with Gasteiger partial charge in [0.1, 0.15) is 0 Å². The zero-order valence-electron chi connectivity index (χ0n) is 8.09. The van der Waals surface area contributed by atoms with Gasteiger partial charge in [-0.05, 0) is 26.2 Å². The van der Waals surface area contributed by atoms with Gasteiger partial charge in [-0.3, -0.25) is 0 Å². The normalized spacial score (nSPS) is 15.7.